The van der Waals surface area contributed by atoms with Gasteiger partial charge >= 0.3 is 6.09 Å². The highest BCUT2D eigenvalue weighted by Gasteiger charge is 2.29. The van der Waals surface area contributed by atoms with Crippen molar-refractivity contribution in [1.29, 1.82) is 0 Å². The molecule has 0 saturated carbocycles. The van der Waals surface area contributed by atoms with Crippen LogP contribution in [0.25, 0.3) is 10.8 Å². The van der Waals surface area contributed by atoms with Gasteiger partial charge in [-0.1, -0.05) is 61.8 Å². The Kier molecular flexibility index (Phi) is 9.23. The number of benzene rings is 2. The van der Waals surface area contributed by atoms with Crippen molar-refractivity contribution in [2.75, 3.05) is 25.6 Å². The first-order chi connectivity index (χ1) is 17.1. The van der Waals surface area contributed by atoms with Crippen molar-refractivity contribution in [2.24, 2.45) is 5.41 Å². The van der Waals surface area contributed by atoms with Gasteiger partial charge in [0, 0.05) is 31.7 Å². The van der Waals surface area contributed by atoms with Crippen molar-refractivity contribution in [2.45, 2.75) is 39.2 Å². The van der Waals surface area contributed by atoms with E-state index >= 15 is 0 Å². The average molecular weight is 516 g/mol. The number of halogens is 2. The van der Waals surface area contributed by atoms with Gasteiger partial charge < -0.3 is 14.7 Å². The number of pyridine rings is 1. The lowest BCUT2D eigenvalue weighted by atomic mass is 9.86. The van der Waals surface area contributed by atoms with Crippen LogP contribution in [0, 0.1) is 11.2 Å². The van der Waals surface area contributed by atoms with Gasteiger partial charge in [0.25, 0.3) is 0 Å². The number of nitrogens with zero attached hydrogens (tertiary/aromatic N) is 2. The molecular weight excluding hydrogens is 485 g/mol. The topological polar surface area (TPSA) is 91.8 Å². The SMILES string of the molecule is CN(C(=O)CCc1cccc(F)c1Cl)[C@H](COC(=O)Nc1cc2ccccc2cn1)CC(C)(C)CO. The van der Waals surface area contributed by atoms with Gasteiger partial charge in [-0.25, -0.2) is 14.2 Å². The van der Waals surface area contributed by atoms with Crippen LogP contribution < -0.4 is 5.32 Å². The third-order valence-corrected chi connectivity index (χ3v) is 6.49. The number of rotatable bonds is 10. The Bertz CT molecular complexity index is 1220. The molecule has 0 fully saturated rings. The third kappa shape index (κ3) is 7.38. The molecule has 2 aromatic carbocycles. The smallest absolute Gasteiger partial charge is 0.412 e. The second-order valence-corrected chi connectivity index (χ2v) is 9.92. The number of likely N-dealkylation sites (N-methyl/N-ethyl adjacent to an activating group) is 1. The van der Waals surface area contributed by atoms with Crippen LogP contribution in [-0.2, 0) is 16.0 Å². The van der Waals surface area contributed by atoms with Crippen LogP contribution in [0.4, 0.5) is 15.0 Å². The molecule has 0 radical (unpaired) electrons. The second-order valence-electron chi connectivity index (χ2n) is 9.54. The number of aryl methyl sites for hydroxylation is 1. The summed E-state index contributed by atoms with van der Waals surface area (Å²) in [7, 11) is 1.62. The van der Waals surface area contributed by atoms with Crippen LogP contribution >= 0.6 is 11.6 Å². The third-order valence-electron chi connectivity index (χ3n) is 6.07. The number of aliphatic hydroxyl groups excluding tert-OH is 1. The van der Waals surface area contributed by atoms with Gasteiger partial charge in [-0.15, -0.1) is 0 Å². The molecule has 3 aromatic rings. The highest BCUT2D eigenvalue weighted by Crippen LogP contribution is 2.25. The Balaban J connectivity index is 1.63. The molecular formula is C27H31ClFN3O4. The zero-order valence-corrected chi connectivity index (χ0v) is 21.4. The van der Waals surface area contributed by atoms with Crippen LogP contribution in [0.3, 0.4) is 0 Å². The van der Waals surface area contributed by atoms with E-state index in [0.29, 0.717) is 17.8 Å². The monoisotopic (exact) mass is 515 g/mol. The molecule has 192 valence electrons. The van der Waals surface area contributed by atoms with E-state index in [1.54, 1.807) is 31.4 Å². The number of hydrogen-bond acceptors (Lipinski definition) is 5. The van der Waals surface area contributed by atoms with Crippen LogP contribution in [0.1, 0.15) is 32.3 Å². The molecule has 1 aromatic heterocycles. The molecule has 0 aliphatic rings. The Morgan fingerprint density at radius 1 is 1.19 bits per heavy atom. The van der Waals surface area contributed by atoms with E-state index in [4.69, 9.17) is 16.3 Å². The maximum Gasteiger partial charge on any atom is 0.412 e. The number of ether oxygens (including phenoxy) is 1. The number of anilines is 1. The lowest BCUT2D eigenvalue weighted by Gasteiger charge is -2.34. The number of hydrogen-bond donors (Lipinski definition) is 2. The first-order valence-electron chi connectivity index (χ1n) is 11.7. The number of amides is 2. The molecule has 2 N–H and O–H groups in total. The molecule has 9 heteroatoms. The van der Waals surface area contributed by atoms with Crippen molar-refractivity contribution in [3.63, 3.8) is 0 Å². The fourth-order valence-corrected chi connectivity index (χ4v) is 4.06. The molecule has 0 saturated heterocycles. The highest BCUT2D eigenvalue weighted by atomic mass is 35.5. The number of aromatic nitrogens is 1. The quantitative estimate of drug-likeness (QED) is 0.375. The molecule has 0 unspecified atom stereocenters. The summed E-state index contributed by atoms with van der Waals surface area (Å²) in [6.07, 6.45) is 1.73. The van der Waals surface area contributed by atoms with E-state index < -0.39 is 23.4 Å². The molecule has 3 rings (SSSR count). The zero-order chi connectivity index (χ0) is 26.3. The minimum atomic E-state index is -0.697. The maximum atomic E-state index is 13.7. The van der Waals surface area contributed by atoms with Crippen molar-refractivity contribution < 1.29 is 23.8 Å². The van der Waals surface area contributed by atoms with Gasteiger partial charge in [0.15, 0.2) is 0 Å². The average Bonchev–Trinajstić information content (AvgIpc) is 2.86. The largest absolute Gasteiger partial charge is 0.447 e. The Morgan fingerprint density at radius 2 is 1.92 bits per heavy atom. The van der Waals surface area contributed by atoms with E-state index in [9.17, 15) is 19.1 Å². The molecule has 2 amide bonds. The molecule has 7 nitrogen and oxygen atoms in total. The standard InChI is InChI=1S/C27H31ClFN3O4/c1-27(2,17-33)14-21(32(3)24(34)12-11-18-9-6-10-22(29)25(18)28)16-36-26(35)31-23-13-19-7-4-5-8-20(19)15-30-23/h4-10,13,15,21,33H,11-12,14,16-17H2,1-3H3,(H,30,31,35)/t21-/m0/s1. The summed E-state index contributed by atoms with van der Waals surface area (Å²) in [6.45, 7) is 3.55. The van der Waals surface area contributed by atoms with E-state index in [0.717, 1.165) is 10.8 Å². The fourth-order valence-electron chi connectivity index (χ4n) is 3.84. The van der Waals surface area contributed by atoms with Crippen LogP contribution in [-0.4, -0.2) is 53.3 Å². The molecule has 0 spiro atoms. The first-order valence-corrected chi connectivity index (χ1v) is 12.1. The number of aliphatic hydroxyl groups is 1. The summed E-state index contributed by atoms with van der Waals surface area (Å²) in [4.78, 5) is 31.2. The van der Waals surface area contributed by atoms with Crippen molar-refractivity contribution >= 4 is 40.2 Å². The number of carbonyl (C=O) groups excluding carboxylic acids is 2. The lowest BCUT2D eigenvalue weighted by molar-refractivity contribution is -0.133. The van der Waals surface area contributed by atoms with Crippen LogP contribution in [0.5, 0.6) is 0 Å². The van der Waals surface area contributed by atoms with E-state index in [-0.39, 0.29) is 37.0 Å². The number of nitrogens with one attached hydrogen (secondary N) is 1. The minimum Gasteiger partial charge on any atom is -0.447 e. The summed E-state index contributed by atoms with van der Waals surface area (Å²) in [5.41, 5.74) is 0.0364. The lowest BCUT2D eigenvalue weighted by Crippen LogP contribution is -2.44. The second kappa shape index (κ2) is 12.1. The molecule has 0 bridgehead atoms. The van der Waals surface area contributed by atoms with E-state index in [1.165, 1.54) is 11.0 Å². The Morgan fingerprint density at radius 3 is 2.64 bits per heavy atom. The van der Waals surface area contributed by atoms with Gasteiger partial charge in [0.2, 0.25) is 5.91 Å². The van der Waals surface area contributed by atoms with Crippen LogP contribution in [0.15, 0.2) is 54.7 Å². The number of carbonyl (C=O) groups is 2. The summed E-state index contributed by atoms with van der Waals surface area (Å²) in [5, 5.41) is 14.2. The Labute approximate surface area is 215 Å². The molecule has 36 heavy (non-hydrogen) atoms. The van der Waals surface area contributed by atoms with Gasteiger partial charge in [-0.05, 0) is 41.3 Å². The van der Waals surface area contributed by atoms with Crippen molar-refractivity contribution in [1.82, 2.24) is 9.88 Å². The summed E-state index contributed by atoms with van der Waals surface area (Å²) in [5.74, 6) is -0.394. The van der Waals surface area contributed by atoms with E-state index in [1.807, 2.05) is 38.1 Å². The predicted octanol–water partition coefficient (Wildman–Crippen LogP) is 5.44. The van der Waals surface area contributed by atoms with Gasteiger partial charge in [0.05, 0.1) is 11.1 Å². The van der Waals surface area contributed by atoms with Gasteiger partial charge in [-0.2, -0.15) is 0 Å². The molecule has 0 aliphatic carbocycles. The summed E-state index contributed by atoms with van der Waals surface area (Å²) in [6, 6.07) is 13.4. The molecule has 1 atom stereocenters. The highest BCUT2D eigenvalue weighted by molar-refractivity contribution is 6.31. The summed E-state index contributed by atoms with van der Waals surface area (Å²) < 4.78 is 19.2. The Hall–Kier alpha value is -3.23. The minimum absolute atomic E-state index is 0.00761. The first kappa shape index (κ1) is 27.4. The zero-order valence-electron chi connectivity index (χ0n) is 20.6. The van der Waals surface area contributed by atoms with Gasteiger partial charge in [0.1, 0.15) is 18.2 Å². The summed E-state index contributed by atoms with van der Waals surface area (Å²) >= 11 is 6.01. The van der Waals surface area contributed by atoms with Gasteiger partial charge in [-0.3, -0.25) is 10.1 Å². The number of fused-ring (bicyclic) bond motifs is 1. The molecule has 1 heterocycles. The normalized spacial score (nSPS) is 12.3. The maximum absolute atomic E-state index is 13.7. The van der Waals surface area contributed by atoms with Crippen molar-refractivity contribution in [3.8, 4) is 0 Å². The van der Waals surface area contributed by atoms with Crippen LogP contribution in [0.2, 0.25) is 5.02 Å². The molecule has 0 aliphatic heterocycles. The fraction of sp³-hybridized carbons (Fsp3) is 0.370. The predicted molar refractivity (Wildman–Crippen MR) is 138 cm³/mol. The van der Waals surface area contributed by atoms with Crippen molar-refractivity contribution in [3.05, 3.63) is 71.1 Å². The van der Waals surface area contributed by atoms with E-state index in [2.05, 4.69) is 10.3 Å².